The summed E-state index contributed by atoms with van der Waals surface area (Å²) in [5, 5.41) is 4.51. The Morgan fingerprint density at radius 3 is 2.48 bits per heavy atom. The van der Waals surface area contributed by atoms with Crippen molar-refractivity contribution in [3.05, 3.63) is 79.7 Å². The first kappa shape index (κ1) is 19.3. The van der Waals surface area contributed by atoms with E-state index >= 15 is 0 Å². The van der Waals surface area contributed by atoms with Crippen LogP contribution >= 0.6 is 15.9 Å². The lowest BCUT2D eigenvalue weighted by Crippen LogP contribution is -2.41. The topological polar surface area (TPSA) is 82.9 Å². The van der Waals surface area contributed by atoms with Crippen LogP contribution in [-0.4, -0.2) is 19.3 Å². The van der Waals surface area contributed by atoms with Crippen molar-refractivity contribution < 1.29 is 4.52 Å². The Labute approximate surface area is 174 Å². The molecule has 4 aromatic rings. The zero-order valence-electron chi connectivity index (χ0n) is 16.0. The Bertz CT molecular complexity index is 1290. The van der Waals surface area contributed by atoms with Crippen molar-refractivity contribution >= 4 is 26.8 Å². The maximum atomic E-state index is 13.1. The van der Waals surface area contributed by atoms with Crippen molar-refractivity contribution in [2.24, 2.45) is 5.92 Å². The number of nitrogens with zero attached hydrogens (tertiary/aromatic N) is 4. The molecule has 0 spiro atoms. The van der Waals surface area contributed by atoms with Crippen LogP contribution in [0.15, 0.2) is 67.1 Å². The molecule has 2 aromatic carbocycles. The van der Waals surface area contributed by atoms with Crippen LogP contribution in [0.25, 0.3) is 22.3 Å². The molecule has 8 heteroatoms. The predicted molar refractivity (Wildman–Crippen MR) is 114 cm³/mol. The van der Waals surface area contributed by atoms with Gasteiger partial charge in [0, 0.05) is 16.6 Å². The summed E-state index contributed by atoms with van der Waals surface area (Å²) in [6.45, 7) is 4.36. The molecule has 2 aromatic heterocycles. The Balaban J connectivity index is 1.79. The lowest BCUT2D eigenvalue weighted by molar-refractivity contribution is 0.368. The number of halogens is 1. The van der Waals surface area contributed by atoms with Crippen LogP contribution in [0, 0.1) is 5.92 Å². The molecule has 0 N–H and O–H groups in total. The number of rotatable bonds is 5. The van der Waals surface area contributed by atoms with Crippen LogP contribution in [0.5, 0.6) is 0 Å². The minimum Gasteiger partial charge on any atom is -0.337 e. The summed E-state index contributed by atoms with van der Waals surface area (Å²) in [7, 11) is 0. The zero-order valence-corrected chi connectivity index (χ0v) is 17.6. The number of aromatic nitrogens is 4. The molecule has 7 nitrogen and oxygen atoms in total. The van der Waals surface area contributed by atoms with Crippen molar-refractivity contribution in [3.63, 3.8) is 0 Å². The average Bonchev–Trinajstić information content (AvgIpc) is 3.17. The van der Waals surface area contributed by atoms with Crippen molar-refractivity contribution in [2.75, 3.05) is 0 Å². The number of para-hydroxylation sites is 1. The summed E-state index contributed by atoms with van der Waals surface area (Å²) in [4.78, 5) is 30.3. The maximum Gasteiger partial charge on any atom is 0.331 e. The third kappa shape index (κ3) is 3.80. The van der Waals surface area contributed by atoms with E-state index in [1.54, 1.807) is 24.3 Å². The lowest BCUT2D eigenvalue weighted by Gasteiger charge is -2.14. The van der Waals surface area contributed by atoms with Gasteiger partial charge >= 0.3 is 5.69 Å². The normalized spacial score (nSPS) is 11.4. The molecule has 0 saturated heterocycles. The highest BCUT2D eigenvalue weighted by Crippen LogP contribution is 2.19. The molecular weight excluding hydrogens is 436 g/mol. The Hall–Kier alpha value is -3.00. The molecule has 0 atom stereocenters. The predicted octanol–water partition coefficient (Wildman–Crippen LogP) is 3.68. The molecule has 0 amide bonds. The summed E-state index contributed by atoms with van der Waals surface area (Å²) in [5.74, 6) is 0.896. The first-order valence-corrected chi connectivity index (χ1v) is 10.0. The minimum atomic E-state index is -0.384. The fourth-order valence-corrected chi connectivity index (χ4v) is 3.48. The van der Waals surface area contributed by atoms with Crippen LogP contribution < -0.4 is 11.2 Å². The van der Waals surface area contributed by atoms with Gasteiger partial charge in [-0.25, -0.2) is 4.79 Å². The van der Waals surface area contributed by atoms with E-state index in [4.69, 9.17) is 4.52 Å². The highest BCUT2D eigenvalue weighted by Gasteiger charge is 2.16. The molecule has 0 fully saturated rings. The molecule has 148 valence electrons. The van der Waals surface area contributed by atoms with E-state index < -0.39 is 0 Å². The highest BCUT2D eigenvalue weighted by atomic mass is 79.9. The Kier molecular flexibility index (Phi) is 5.19. The highest BCUT2D eigenvalue weighted by molar-refractivity contribution is 9.10. The molecule has 0 bridgehead atoms. The van der Waals surface area contributed by atoms with Crippen molar-refractivity contribution in [3.8, 4) is 11.4 Å². The van der Waals surface area contributed by atoms with Gasteiger partial charge in [-0.15, -0.1) is 0 Å². The number of hydrogen-bond acceptors (Lipinski definition) is 5. The Morgan fingerprint density at radius 2 is 1.76 bits per heavy atom. The number of fused-ring (bicyclic) bond motifs is 1. The van der Waals surface area contributed by atoms with Gasteiger partial charge in [-0.05, 0) is 42.3 Å². The van der Waals surface area contributed by atoms with Gasteiger partial charge < -0.3 is 4.52 Å². The first-order valence-electron chi connectivity index (χ1n) is 9.25. The standard InChI is InChI=1S/C21H19BrN4O3/c1-13(2)11-26-20(27)16-5-3-4-6-17(16)25(21(26)28)12-18-23-19(24-29-18)14-7-9-15(22)10-8-14/h3-10,13H,11-12H2,1-2H3. The summed E-state index contributed by atoms with van der Waals surface area (Å²) in [6.07, 6.45) is 0. The molecule has 29 heavy (non-hydrogen) atoms. The van der Waals surface area contributed by atoms with E-state index in [1.807, 2.05) is 38.1 Å². The van der Waals surface area contributed by atoms with E-state index in [0.29, 0.717) is 29.2 Å². The molecule has 0 aliphatic rings. The molecule has 0 aliphatic carbocycles. The third-order valence-corrected chi connectivity index (χ3v) is 5.07. The quantitative estimate of drug-likeness (QED) is 0.459. The second-order valence-corrected chi connectivity index (χ2v) is 8.13. The summed E-state index contributed by atoms with van der Waals surface area (Å²) in [6, 6.07) is 14.6. The van der Waals surface area contributed by atoms with Gasteiger partial charge in [0.15, 0.2) is 0 Å². The smallest absolute Gasteiger partial charge is 0.331 e. The van der Waals surface area contributed by atoms with E-state index in [9.17, 15) is 9.59 Å². The minimum absolute atomic E-state index is 0.0846. The van der Waals surface area contributed by atoms with Gasteiger partial charge in [-0.1, -0.05) is 47.1 Å². The van der Waals surface area contributed by atoms with Crippen molar-refractivity contribution in [1.29, 1.82) is 0 Å². The second kappa shape index (κ2) is 7.79. The van der Waals surface area contributed by atoms with Crippen LogP contribution in [0.4, 0.5) is 0 Å². The van der Waals surface area contributed by atoms with Crippen LogP contribution in [0.1, 0.15) is 19.7 Å². The van der Waals surface area contributed by atoms with Crippen LogP contribution in [-0.2, 0) is 13.1 Å². The van der Waals surface area contributed by atoms with Gasteiger partial charge in [0.25, 0.3) is 5.56 Å². The fourth-order valence-electron chi connectivity index (χ4n) is 3.22. The lowest BCUT2D eigenvalue weighted by atomic mass is 10.2. The fraction of sp³-hybridized carbons (Fsp3) is 0.238. The van der Waals surface area contributed by atoms with Crippen LogP contribution in [0.2, 0.25) is 0 Å². The Morgan fingerprint density at radius 1 is 1.03 bits per heavy atom. The third-order valence-electron chi connectivity index (χ3n) is 4.54. The SMILES string of the molecule is CC(C)Cn1c(=O)c2ccccc2n(Cc2nc(-c3ccc(Br)cc3)no2)c1=O. The monoisotopic (exact) mass is 454 g/mol. The van der Waals surface area contributed by atoms with Gasteiger partial charge in [0.05, 0.1) is 10.9 Å². The van der Waals surface area contributed by atoms with Gasteiger partial charge in [0.2, 0.25) is 11.7 Å². The van der Waals surface area contributed by atoms with Crippen LogP contribution in [0.3, 0.4) is 0 Å². The molecule has 4 rings (SSSR count). The molecule has 0 aliphatic heterocycles. The van der Waals surface area contributed by atoms with E-state index in [1.165, 1.54) is 9.13 Å². The van der Waals surface area contributed by atoms with Gasteiger partial charge in [0.1, 0.15) is 6.54 Å². The zero-order chi connectivity index (χ0) is 20.5. The van der Waals surface area contributed by atoms with Gasteiger partial charge in [-0.2, -0.15) is 4.98 Å². The van der Waals surface area contributed by atoms with E-state index in [2.05, 4.69) is 26.1 Å². The second-order valence-electron chi connectivity index (χ2n) is 7.21. The maximum absolute atomic E-state index is 13.1. The van der Waals surface area contributed by atoms with E-state index in [0.717, 1.165) is 10.0 Å². The molecule has 0 radical (unpaired) electrons. The molecule has 0 saturated carbocycles. The molecular formula is C21H19BrN4O3. The largest absolute Gasteiger partial charge is 0.337 e. The summed E-state index contributed by atoms with van der Waals surface area (Å²) < 4.78 is 9.13. The van der Waals surface area contributed by atoms with Crippen molar-refractivity contribution in [1.82, 2.24) is 19.3 Å². The summed E-state index contributed by atoms with van der Waals surface area (Å²) >= 11 is 3.40. The number of benzene rings is 2. The number of hydrogen-bond donors (Lipinski definition) is 0. The average molecular weight is 455 g/mol. The van der Waals surface area contributed by atoms with Gasteiger partial charge in [-0.3, -0.25) is 13.9 Å². The summed E-state index contributed by atoms with van der Waals surface area (Å²) in [5.41, 5.74) is 0.693. The van der Waals surface area contributed by atoms with Crippen molar-refractivity contribution in [2.45, 2.75) is 26.9 Å². The first-order chi connectivity index (χ1) is 13.9. The molecule has 0 unspecified atom stereocenters. The van der Waals surface area contributed by atoms with E-state index in [-0.39, 0.29) is 23.7 Å². The molecule has 2 heterocycles.